The molecule has 2 N–H and O–H groups in total. The minimum absolute atomic E-state index is 0.0931. The van der Waals surface area contributed by atoms with Gasteiger partial charge in [0, 0.05) is 29.0 Å². The fourth-order valence-corrected chi connectivity index (χ4v) is 3.95. The van der Waals surface area contributed by atoms with Crippen LogP contribution in [0.25, 0.3) is 33.2 Å². The number of pyridine rings is 1. The van der Waals surface area contributed by atoms with Crippen LogP contribution in [0.3, 0.4) is 0 Å². The quantitative estimate of drug-likeness (QED) is 0.291. The third-order valence-electron chi connectivity index (χ3n) is 5.69. The van der Waals surface area contributed by atoms with Gasteiger partial charge in [0.2, 0.25) is 5.91 Å². The first-order valence-electron chi connectivity index (χ1n) is 11.3. The molecule has 0 unspecified atom stereocenters. The number of aromatic nitrogens is 3. The third kappa shape index (κ3) is 5.08. The van der Waals surface area contributed by atoms with E-state index in [1.807, 2.05) is 30.3 Å². The van der Waals surface area contributed by atoms with Gasteiger partial charge >= 0.3 is 0 Å². The van der Waals surface area contributed by atoms with Crippen LogP contribution in [0.4, 0.5) is 15.9 Å². The number of amides is 2. The van der Waals surface area contributed by atoms with Crippen LogP contribution in [-0.4, -0.2) is 26.8 Å². The van der Waals surface area contributed by atoms with E-state index in [0.717, 1.165) is 16.5 Å². The van der Waals surface area contributed by atoms with Crippen molar-refractivity contribution in [3.63, 3.8) is 0 Å². The van der Waals surface area contributed by atoms with Crippen molar-refractivity contribution in [2.75, 3.05) is 10.6 Å². The Hall–Kier alpha value is -5.24. The Morgan fingerprint density at radius 1 is 0.865 bits per heavy atom. The number of halogens is 1. The van der Waals surface area contributed by atoms with Crippen LogP contribution >= 0.6 is 0 Å². The number of carbonyl (C=O) groups is 2. The van der Waals surface area contributed by atoms with Crippen LogP contribution in [0.5, 0.6) is 0 Å². The van der Waals surface area contributed by atoms with Gasteiger partial charge in [-0.15, -0.1) is 0 Å². The van der Waals surface area contributed by atoms with E-state index in [1.54, 1.807) is 42.7 Å². The molecule has 2 amide bonds. The lowest BCUT2D eigenvalue weighted by Gasteiger charge is -2.12. The first-order chi connectivity index (χ1) is 18.0. The van der Waals surface area contributed by atoms with Crippen molar-refractivity contribution in [3.8, 4) is 22.3 Å². The Labute approximate surface area is 211 Å². The topological polar surface area (TPSA) is 96.9 Å². The molecule has 3 aromatic carbocycles. The molecule has 0 atom stereocenters. The first kappa shape index (κ1) is 23.5. The summed E-state index contributed by atoms with van der Waals surface area (Å²) in [6.07, 6.45) is 5.89. The molecule has 0 aliphatic rings. The second kappa shape index (κ2) is 10.2. The second-order valence-corrected chi connectivity index (χ2v) is 8.12. The van der Waals surface area contributed by atoms with Gasteiger partial charge in [-0.3, -0.25) is 9.59 Å². The van der Waals surface area contributed by atoms with E-state index in [4.69, 9.17) is 0 Å². The maximum Gasteiger partial charge on any atom is 0.259 e. The van der Waals surface area contributed by atoms with E-state index in [0.29, 0.717) is 28.1 Å². The summed E-state index contributed by atoms with van der Waals surface area (Å²) in [5.74, 6) is -1.23. The summed E-state index contributed by atoms with van der Waals surface area (Å²) in [6.45, 7) is 3.48. The van der Waals surface area contributed by atoms with Crippen molar-refractivity contribution in [1.82, 2.24) is 15.0 Å². The summed E-state index contributed by atoms with van der Waals surface area (Å²) < 4.78 is 15.1. The van der Waals surface area contributed by atoms with Crippen molar-refractivity contribution in [3.05, 3.63) is 116 Å². The van der Waals surface area contributed by atoms with Gasteiger partial charge in [0.25, 0.3) is 5.91 Å². The van der Waals surface area contributed by atoms with E-state index in [2.05, 4.69) is 32.2 Å². The molecule has 37 heavy (non-hydrogen) atoms. The lowest BCUT2D eigenvalue weighted by Crippen LogP contribution is -2.14. The molecule has 8 heteroatoms. The van der Waals surface area contributed by atoms with Crippen molar-refractivity contribution in [1.29, 1.82) is 0 Å². The van der Waals surface area contributed by atoms with Crippen molar-refractivity contribution in [2.24, 2.45) is 0 Å². The zero-order valence-electron chi connectivity index (χ0n) is 19.5. The number of benzene rings is 3. The number of hydrogen-bond acceptors (Lipinski definition) is 5. The lowest BCUT2D eigenvalue weighted by atomic mass is 9.95. The van der Waals surface area contributed by atoms with Gasteiger partial charge in [0.1, 0.15) is 18.0 Å². The fraction of sp³-hybridized carbons (Fsp3) is 0. The Morgan fingerprint density at radius 3 is 2.54 bits per heavy atom. The van der Waals surface area contributed by atoms with E-state index < -0.39 is 11.7 Å². The predicted molar refractivity (Wildman–Crippen MR) is 141 cm³/mol. The maximum atomic E-state index is 15.1. The van der Waals surface area contributed by atoms with Gasteiger partial charge in [0.15, 0.2) is 0 Å². The van der Waals surface area contributed by atoms with E-state index in [-0.39, 0.29) is 11.5 Å². The van der Waals surface area contributed by atoms with Gasteiger partial charge in [-0.1, -0.05) is 30.8 Å². The highest BCUT2D eigenvalue weighted by Crippen LogP contribution is 2.34. The van der Waals surface area contributed by atoms with Gasteiger partial charge in [-0.2, -0.15) is 0 Å². The number of carbonyl (C=O) groups excluding carboxylic acids is 2. The Morgan fingerprint density at radius 2 is 1.76 bits per heavy atom. The fourth-order valence-electron chi connectivity index (χ4n) is 3.95. The molecule has 0 radical (unpaired) electrons. The highest BCUT2D eigenvalue weighted by Gasteiger charge is 2.15. The number of rotatable bonds is 6. The SMILES string of the molecule is C=CC(=O)Nc1cccc(-c2cc(-c3ccc(C(=O)Nc4ccccn4)c(F)c3)cc3cncnc23)c1. The normalized spacial score (nSPS) is 10.6. The van der Waals surface area contributed by atoms with E-state index >= 15 is 4.39 Å². The van der Waals surface area contributed by atoms with Gasteiger partial charge in [-0.25, -0.2) is 19.3 Å². The highest BCUT2D eigenvalue weighted by molar-refractivity contribution is 6.04. The van der Waals surface area contributed by atoms with Gasteiger partial charge < -0.3 is 10.6 Å². The zero-order valence-corrected chi connectivity index (χ0v) is 19.5. The molecule has 2 heterocycles. The molecule has 5 aromatic rings. The first-order valence-corrected chi connectivity index (χ1v) is 11.3. The zero-order chi connectivity index (χ0) is 25.8. The molecule has 0 aliphatic carbocycles. The summed E-state index contributed by atoms with van der Waals surface area (Å²) in [6, 6.07) is 20.6. The predicted octanol–water partition coefficient (Wildman–Crippen LogP) is 5.87. The number of fused-ring (bicyclic) bond motifs is 1. The van der Waals surface area contributed by atoms with Crippen LogP contribution in [0, 0.1) is 5.82 Å². The highest BCUT2D eigenvalue weighted by atomic mass is 19.1. The Balaban J connectivity index is 1.54. The number of anilines is 2. The summed E-state index contributed by atoms with van der Waals surface area (Å²) in [4.78, 5) is 37.0. The average Bonchev–Trinajstić information content (AvgIpc) is 2.93. The molecule has 7 nitrogen and oxygen atoms in total. The molecule has 0 spiro atoms. The number of nitrogens with one attached hydrogen (secondary N) is 2. The van der Waals surface area contributed by atoms with Crippen molar-refractivity contribution in [2.45, 2.75) is 0 Å². The maximum absolute atomic E-state index is 15.1. The Kier molecular flexibility index (Phi) is 6.46. The van der Waals surface area contributed by atoms with Crippen LogP contribution < -0.4 is 10.6 Å². The minimum atomic E-state index is -0.661. The molecule has 0 saturated heterocycles. The van der Waals surface area contributed by atoms with Crippen LogP contribution in [0.2, 0.25) is 0 Å². The van der Waals surface area contributed by atoms with Gasteiger partial charge in [-0.05, 0) is 71.3 Å². The smallest absolute Gasteiger partial charge is 0.259 e. The van der Waals surface area contributed by atoms with Crippen LogP contribution in [0.15, 0.2) is 104 Å². The molecule has 180 valence electrons. The van der Waals surface area contributed by atoms with Gasteiger partial charge in [0.05, 0.1) is 11.1 Å². The molecule has 0 bridgehead atoms. The average molecular weight is 490 g/mol. The largest absolute Gasteiger partial charge is 0.323 e. The standard InChI is InChI=1S/C29H20FN5O2/c1-2-27(36)34-22-7-5-6-19(13-22)24-14-20(12-21-16-31-17-33-28(21)24)18-9-10-23(25(30)15-18)29(37)35-26-8-3-4-11-32-26/h2-17H,1H2,(H,34,36)(H,32,35,37). The van der Waals surface area contributed by atoms with Crippen LogP contribution in [0.1, 0.15) is 10.4 Å². The van der Waals surface area contributed by atoms with Crippen molar-refractivity contribution >= 4 is 34.2 Å². The van der Waals surface area contributed by atoms with E-state index in [1.165, 1.54) is 24.5 Å². The molecule has 5 rings (SSSR count). The molecule has 0 fully saturated rings. The summed E-state index contributed by atoms with van der Waals surface area (Å²) in [7, 11) is 0. The number of hydrogen-bond donors (Lipinski definition) is 2. The molecule has 0 saturated carbocycles. The third-order valence-corrected chi connectivity index (χ3v) is 5.69. The molecule has 0 aliphatic heterocycles. The molecular formula is C29H20FN5O2. The summed E-state index contributed by atoms with van der Waals surface area (Å²) in [5, 5.41) is 6.11. The summed E-state index contributed by atoms with van der Waals surface area (Å²) in [5.41, 5.74) is 4.09. The molecule has 2 aromatic heterocycles. The monoisotopic (exact) mass is 489 g/mol. The Bertz CT molecular complexity index is 1650. The van der Waals surface area contributed by atoms with Crippen molar-refractivity contribution < 1.29 is 14.0 Å². The molecular weight excluding hydrogens is 469 g/mol. The minimum Gasteiger partial charge on any atom is -0.323 e. The lowest BCUT2D eigenvalue weighted by molar-refractivity contribution is -0.111. The number of nitrogens with zero attached hydrogens (tertiary/aromatic N) is 3. The second-order valence-electron chi connectivity index (χ2n) is 8.12. The van der Waals surface area contributed by atoms with Crippen LogP contribution in [-0.2, 0) is 4.79 Å². The van der Waals surface area contributed by atoms with E-state index in [9.17, 15) is 9.59 Å². The summed E-state index contributed by atoms with van der Waals surface area (Å²) >= 11 is 0.